The van der Waals surface area contributed by atoms with Crippen molar-refractivity contribution in [2.45, 2.75) is 19.3 Å². The Balaban J connectivity index is 1.08. The van der Waals surface area contributed by atoms with E-state index in [1.165, 1.54) is 44.2 Å². The topological polar surface area (TPSA) is 31.2 Å². The van der Waals surface area contributed by atoms with E-state index >= 15 is 0 Å². The molecule has 0 unspecified atom stereocenters. The predicted molar refractivity (Wildman–Crippen MR) is 224 cm³/mol. The summed E-state index contributed by atoms with van der Waals surface area (Å²) < 4.78 is 15.4. The Hall–Kier alpha value is -6.84. The van der Waals surface area contributed by atoms with Crippen LogP contribution in [-0.2, 0) is 5.41 Å². The third-order valence-corrected chi connectivity index (χ3v) is 12.0. The lowest BCUT2D eigenvalue weighted by Gasteiger charge is -2.21. The highest BCUT2D eigenvalue weighted by atomic mass is 16.3. The van der Waals surface area contributed by atoms with Crippen LogP contribution in [0.4, 0.5) is 0 Å². The van der Waals surface area contributed by atoms with Crippen molar-refractivity contribution in [2.75, 3.05) is 0 Å². The van der Waals surface area contributed by atoms with Gasteiger partial charge in [0.05, 0.1) is 16.7 Å². The van der Waals surface area contributed by atoms with E-state index in [1.54, 1.807) is 0 Å². The molecule has 54 heavy (non-hydrogen) atoms. The Morgan fingerprint density at radius 1 is 0.389 bits per heavy atom. The highest BCUT2D eigenvalue weighted by Crippen LogP contribution is 2.50. The molecule has 3 nitrogen and oxygen atoms in total. The van der Waals surface area contributed by atoms with Crippen molar-refractivity contribution in [3.05, 3.63) is 175 Å². The Morgan fingerprint density at radius 3 is 1.91 bits per heavy atom. The molecular weight excluding hydrogens is 659 g/mol. The van der Waals surface area contributed by atoms with Gasteiger partial charge in [0.15, 0.2) is 0 Å². The molecule has 0 amide bonds. The molecule has 0 aliphatic heterocycles. The summed E-state index contributed by atoms with van der Waals surface area (Å²) in [5.41, 5.74) is 17.0. The number of para-hydroxylation sites is 3. The molecule has 0 radical (unpaired) electrons. The fourth-order valence-electron chi connectivity index (χ4n) is 9.42. The van der Waals surface area contributed by atoms with E-state index in [9.17, 15) is 0 Å². The van der Waals surface area contributed by atoms with Crippen LogP contribution >= 0.6 is 0 Å². The van der Waals surface area contributed by atoms with Crippen molar-refractivity contribution in [2.24, 2.45) is 0 Å². The second kappa shape index (κ2) is 10.6. The summed E-state index contributed by atoms with van der Waals surface area (Å²) in [7, 11) is 0. The Bertz CT molecular complexity index is 3370. The van der Waals surface area contributed by atoms with Gasteiger partial charge in [-0.05, 0) is 99.1 Å². The Labute approximate surface area is 311 Å². The van der Waals surface area contributed by atoms with E-state index in [0.29, 0.717) is 0 Å². The first-order valence-corrected chi connectivity index (χ1v) is 18.7. The van der Waals surface area contributed by atoms with Gasteiger partial charge in [0, 0.05) is 43.8 Å². The van der Waals surface area contributed by atoms with Crippen molar-refractivity contribution in [3.8, 4) is 39.1 Å². The monoisotopic (exact) mass is 691 g/mol. The van der Waals surface area contributed by atoms with Crippen molar-refractivity contribution >= 4 is 65.7 Å². The fraction of sp³-hybridized carbons (Fsp3) is 0.0588. The molecule has 11 aromatic rings. The number of benzene rings is 8. The van der Waals surface area contributed by atoms with Crippen LogP contribution in [-0.4, -0.2) is 4.57 Å². The maximum Gasteiger partial charge on any atom is 0.138 e. The highest BCUT2D eigenvalue weighted by molar-refractivity contribution is 6.16. The molecule has 0 saturated carbocycles. The van der Waals surface area contributed by atoms with Crippen LogP contribution in [0.25, 0.3) is 105 Å². The summed E-state index contributed by atoms with van der Waals surface area (Å²) in [5.74, 6) is 0. The molecule has 1 aliphatic rings. The van der Waals surface area contributed by atoms with Crippen LogP contribution in [0, 0.1) is 0 Å². The summed E-state index contributed by atoms with van der Waals surface area (Å²) >= 11 is 0. The average molecular weight is 692 g/mol. The molecule has 0 atom stereocenters. The molecule has 8 aromatic carbocycles. The maximum absolute atomic E-state index is 6.63. The molecule has 0 spiro atoms. The van der Waals surface area contributed by atoms with Gasteiger partial charge in [0.25, 0.3) is 0 Å². The SMILES string of the molecule is CC1(C)c2ccccc2-c2cc(-c3ccc4c(c3)c3ccccc3n4-c3cc(-c4ccc5c(c4)oc4ccccc45)c4c(c3)oc3ccccc34)ccc21. The standard InChI is InChI=1S/C51H33NO2/c1-51(2)42-15-7-3-11-34(42)40-25-30(20-23-43(40)51)31-21-24-45-41(26-31)35-12-4-8-16-44(35)52(45)33-28-39(50-38-14-6-10-18-47(38)54-49(50)29-33)32-19-22-37-36-13-5-9-17-46(36)53-48(37)27-32/h3-29H,1-2H3. The first-order chi connectivity index (χ1) is 26.5. The van der Waals surface area contributed by atoms with Gasteiger partial charge in [-0.15, -0.1) is 0 Å². The van der Waals surface area contributed by atoms with Crippen LogP contribution in [0.5, 0.6) is 0 Å². The van der Waals surface area contributed by atoms with E-state index in [4.69, 9.17) is 8.83 Å². The highest BCUT2D eigenvalue weighted by Gasteiger charge is 2.35. The van der Waals surface area contributed by atoms with Gasteiger partial charge >= 0.3 is 0 Å². The minimum Gasteiger partial charge on any atom is -0.456 e. The first-order valence-electron chi connectivity index (χ1n) is 18.7. The zero-order chi connectivity index (χ0) is 35.7. The van der Waals surface area contributed by atoms with Gasteiger partial charge in [0.2, 0.25) is 0 Å². The van der Waals surface area contributed by atoms with Crippen LogP contribution in [0.2, 0.25) is 0 Å². The van der Waals surface area contributed by atoms with E-state index in [-0.39, 0.29) is 5.41 Å². The van der Waals surface area contributed by atoms with Gasteiger partial charge in [-0.1, -0.05) is 117 Å². The number of aromatic nitrogens is 1. The lowest BCUT2D eigenvalue weighted by Crippen LogP contribution is -2.14. The molecule has 3 heterocycles. The van der Waals surface area contributed by atoms with Crippen molar-refractivity contribution in [1.29, 1.82) is 0 Å². The number of rotatable bonds is 3. The molecule has 254 valence electrons. The second-order valence-electron chi connectivity index (χ2n) is 15.3. The zero-order valence-corrected chi connectivity index (χ0v) is 29.9. The van der Waals surface area contributed by atoms with Gasteiger partial charge < -0.3 is 13.4 Å². The van der Waals surface area contributed by atoms with Crippen LogP contribution in [0.3, 0.4) is 0 Å². The maximum atomic E-state index is 6.63. The van der Waals surface area contributed by atoms with Gasteiger partial charge in [-0.25, -0.2) is 0 Å². The minimum absolute atomic E-state index is 0.0144. The fourth-order valence-corrected chi connectivity index (χ4v) is 9.42. The Kier molecular flexibility index (Phi) is 5.84. The number of hydrogen-bond donors (Lipinski definition) is 0. The largest absolute Gasteiger partial charge is 0.456 e. The summed E-state index contributed by atoms with van der Waals surface area (Å²) in [6.07, 6.45) is 0. The molecule has 3 heteroatoms. The van der Waals surface area contributed by atoms with Gasteiger partial charge in [-0.3, -0.25) is 0 Å². The molecule has 0 bridgehead atoms. The second-order valence-corrected chi connectivity index (χ2v) is 15.3. The van der Waals surface area contributed by atoms with Crippen molar-refractivity contribution in [1.82, 2.24) is 4.57 Å². The number of hydrogen-bond acceptors (Lipinski definition) is 2. The molecule has 0 saturated heterocycles. The van der Waals surface area contributed by atoms with Gasteiger partial charge in [0.1, 0.15) is 22.3 Å². The lowest BCUT2D eigenvalue weighted by molar-refractivity contribution is 0.660. The molecule has 0 fully saturated rings. The van der Waals surface area contributed by atoms with E-state index < -0.39 is 0 Å². The first kappa shape index (κ1) is 29.7. The third kappa shape index (κ3) is 4.01. The minimum atomic E-state index is -0.0144. The third-order valence-electron chi connectivity index (χ3n) is 12.0. The molecule has 0 N–H and O–H groups in total. The summed E-state index contributed by atoms with van der Waals surface area (Å²) in [6.45, 7) is 4.67. The number of furan rings is 2. The molecule has 1 aliphatic carbocycles. The average Bonchev–Trinajstić information content (AvgIpc) is 3.93. The summed E-state index contributed by atoms with van der Waals surface area (Å²) in [5, 5.41) is 6.90. The predicted octanol–water partition coefficient (Wildman–Crippen LogP) is 14.2. The quantitative estimate of drug-likeness (QED) is 0.185. The summed E-state index contributed by atoms with van der Waals surface area (Å²) in [4.78, 5) is 0. The Morgan fingerprint density at radius 2 is 1.02 bits per heavy atom. The number of fused-ring (bicyclic) bond motifs is 12. The van der Waals surface area contributed by atoms with E-state index in [1.807, 2.05) is 18.2 Å². The van der Waals surface area contributed by atoms with Crippen molar-refractivity contribution < 1.29 is 8.83 Å². The molecule has 12 rings (SSSR count). The summed E-state index contributed by atoms with van der Waals surface area (Å²) in [6, 6.07) is 59.3. The zero-order valence-electron chi connectivity index (χ0n) is 29.9. The number of nitrogens with zero attached hydrogens (tertiary/aromatic N) is 1. The van der Waals surface area contributed by atoms with E-state index in [2.05, 4.69) is 164 Å². The molecule has 3 aromatic heterocycles. The van der Waals surface area contributed by atoms with Crippen LogP contribution in [0.15, 0.2) is 173 Å². The van der Waals surface area contributed by atoms with Crippen molar-refractivity contribution in [3.63, 3.8) is 0 Å². The lowest BCUT2D eigenvalue weighted by atomic mass is 9.82. The van der Waals surface area contributed by atoms with E-state index in [0.717, 1.165) is 71.7 Å². The van der Waals surface area contributed by atoms with Crippen LogP contribution in [0.1, 0.15) is 25.0 Å². The normalized spacial score (nSPS) is 13.5. The van der Waals surface area contributed by atoms with Crippen LogP contribution < -0.4 is 0 Å². The smallest absolute Gasteiger partial charge is 0.138 e. The molecular formula is C51H33NO2. The van der Waals surface area contributed by atoms with Gasteiger partial charge in [-0.2, -0.15) is 0 Å².